The number of nitrogens with zero attached hydrogens (tertiary/aromatic N) is 2. The molecule has 0 radical (unpaired) electrons. The van der Waals surface area contributed by atoms with Gasteiger partial charge in [-0.1, -0.05) is 42.5 Å². The van der Waals surface area contributed by atoms with E-state index in [2.05, 4.69) is 27.3 Å². The Balaban J connectivity index is 0.00000341. The van der Waals surface area contributed by atoms with E-state index in [0.717, 1.165) is 36.8 Å². The van der Waals surface area contributed by atoms with E-state index in [4.69, 9.17) is 4.74 Å². The number of guanidine groups is 1. The van der Waals surface area contributed by atoms with Gasteiger partial charge in [-0.25, -0.2) is 8.42 Å². The van der Waals surface area contributed by atoms with Crippen LogP contribution in [0, 0.1) is 0 Å². The van der Waals surface area contributed by atoms with Crippen LogP contribution in [0.3, 0.4) is 0 Å². The molecule has 2 aromatic rings. The zero-order valence-corrected chi connectivity index (χ0v) is 21.3. The maximum absolute atomic E-state index is 12.3. The number of rotatable bonds is 8. The Morgan fingerprint density at radius 1 is 1.16 bits per heavy atom. The number of hydrogen-bond donors (Lipinski definition) is 1. The van der Waals surface area contributed by atoms with Gasteiger partial charge in [-0.05, 0) is 36.1 Å². The number of aliphatic imine (C=N–C) groups is 1. The summed E-state index contributed by atoms with van der Waals surface area (Å²) < 4.78 is 29.9. The van der Waals surface area contributed by atoms with Gasteiger partial charge in [0.15, 0.2) is 15.8 Å². The van der Waals surface area contributed by atoms with Crippen molar-refractivity contribution in [2.24, 2.45) is 4.99 Å². The molecule has 1 aliphatic rings. The third-order valence-corrected chi connectivity index (χ3v) is 7.12. The highest BCUT2D eigenvalue weighted by Gasteiger charge is 2.26. The van der Waals surface area contributed by atoms with Crippen LogP contribution >= 0.6 is 24.0 Å². The minimum atomic E-state index is -3.11. The highest BCUT2D eigenvalue weighted by Crippen LogP contribution is 2.28. The maximum Gasteiger partial charge on any atom is 0.193 e. The van der Waals surface area contributed by atoms with Gasteiger partial charge >= 0.3 is 0 Å². The van der Waals surface area contributed by atoms with Crippen molar-refractivity contribution < 1.29 is 13.2 Å². The molecule has 1 atom stereocenters. The largest absolute Gasteiger partial charge is 0.497 e. The standard InChI is InChI=1S/C23H31N3O3S.HI/c1-24-23(25-14-6-16-30(27,28)18-19-7-4-3-5-8-19)26-15-13-21(17-26)20-9-11-22(29-2)12-10-20;/h3-5,7-12,21H,6,13-18H2,1-2H3,(H,24,25);1H. The zero-order valence-electron chi connectivity index (χ0n) is 18.2. The van der Waals surface area contributed by atoms with Crippen molar-refractivity contribution in [1.82, 2.24) is 10.2 Å². The van der Waals surface area contributed by atoms with E-state index in [9.17, 15) is 8.42 Å². The average Bonchev–Trinajstić information content (AvgIpc) is 3.24. The molecule has 3 rings (SSSR count). The monoisotopic (exact) mass is 557 g/mol. The van der Waals surface area contributed by atoms with Crippen molar-refractivity contribution in [3.8, 4) is 5.75 Å². The van der Waals surface area contributed by atoms with Crippen LogP contribution in [0.5, 0.6) is 5.75 Å². The van der Waals surface area contributed by atoms with Gasteiger partial charge in [0, 0.05) is 32.6 Å². The number of ether oxygens (including phenoxy) is 1. The second-order valence-corrected chi connectivity index (χ2v) is 9.79. The lowest BCUT2D eigenvalue weighted by atomic mass is 9.98. The van der Waals surface area contributed by atoms with E-state index in [1.807, 2.05) is 42.5 Å². The number of sulfone groups is 1. The first kappa shape index (κ1) is 25.5. The molecule has 1 saturated heterocycles. The molecular formula is C23H32IN3O3S. The smallest absolute Gasteiger partial charge is 0.193 e. The summed E-state index contributed by atoms with van der Waals surface area (Å²) in [6.07, 6.45) is 1.63. The summed E-state index contributed by atoms with van der Waals surface area (Å²) in [6, 6.07) is 17.6. The van der Waals surface area contributed by atoms with Crippen LogP contribution in [0.25, 0.3) is 0 Å². The third-order valence-electron chi connectivity index (χ3n) is 5.43. The van der Waals surface area contributed by atoms with Gasteiger partial charge in [-0.3, -0.25) is 4.99 Å². The summed E-state index contributed by atoms with van der Waals surface area (Å²) in [6.45, 7) is 2.42. The summed E-state index contributed by atoms with van der Waals surface area (Å²) >= 11 is 0. The van der Waals surface area contributed by atoms with Crippen molar-refractivity contribution in [1.29, 1.82) is 0 Å². The lowest BCUT2D eigenvalue weighted by Gasteiger charge is -2.22. The highest BCUT2D eigenvalue weighted by atomic mass is 127. The molecular weight excluding hydrogens is 525 g/mol. The van der Waals surface area contributed by atoms with Crippen molar-refractivity contribution in [3.63, 3.8) is 0 Å². The molecule has 1 aliphatic heterocycles. The van der Waals surface area contributed by atoms with Crippen LogP contribution in [-0.4, -0.2) is 58.8 Å². The summed E-state index contributed by atoms with van der Waals surface area (Å²) in [7, 11) is 0.336. The van der Waals surface area contributed by atoms with E-state index in [0.29, 0.717) is 18.9 Å². The molecule has 1 N–H and O–H groups in total. The lowest BCUT2D eigenvalue weighted by Crippen LogP contribution is -2.40. The number of methoxy groups -OCH3 is 1. The third kappa shape index (κ3) is 7.68. The molecule has 31 heavy (non-hydrogen) atoms. The Kier molecular flexibility index (Phi) is 10.1. The van der Waals surface area contributed by atoms with Gasteiger partial charge in [-0.15, -0.1) is 24.0 Å². The Morgan fingerprint density at radius 3 is 2.52 bits per heavy atom. The number of likely N-dealkylation sites (tertiary alicyclic amines) is 1. The predicted molar refractivity (Wildman–Crippen MR) is 137 cm³/mol. The van der Waals surface area contributed by atoms with Crippen LogP contribution in [0.1, 0.15) is 29.9 Å². The minimum absolute atomic E-state index is 0. The van der Waals surface area contributed by atoms with Gasteiger partial charge in [0.05, 0.1) is 18.6 Å². The number of benzene rings is 2. The van der Waals surface area contributed by atoms with Crippen LogP contribution in [0.15, 0.2) is 59.6 Å². The molecule has 1 fully saturated rings. The summed E-state index contributed by atoms with van der Waals surface area (Å²) in [5.74, 6) is 2.43. The Morgan fingerprint density at radius 2 is 1.87 bits per heavy atom. The van der Waals surface area contributed by atoms with E-state index in [-0.39, 0.29) is 35.5 Å². The average molecular weight is 557 g/mol. The lowest BCUT2D eigenvalue weighted by molar-refractivity contribution is 0.414. The number of halogens is 1. The predicted octanol–water partition coefficient (Wildman–Crippen LogP) is 3.68. The first-order valence-electron chi connectivity index (χ1n) is 10.3. The van der Waals surface area contributed by atoms with Crippen molar-refractivity contribution in [2.75, 3.05) is 39.5 Å². The Bertz CT molecular complexity index is 934. The molecule has 0 amide bonds. The Labute approximate surface area is 203 Å². The molecule has 0 aliphatic carbocycles. The van der Waals surface area contributed by atoms with Crippen LogP contribution < -0.4 is 10.1 Å². The van der Waals surface area contributed by atoms with E-state index in [1.54, 1.807) is 14.2 Å². The van der Waals surface area contributed by atoms with Crippen molar-refractivity contribution >= 4 is 39.8 Å². The van der Waals surface area contributed by atoms with Crippen molar-refractivity contribution in [2.45, 2.75) is 24.5 Å². The molecule has 1 unspecified atom stereocenters. The van der Waals surface area contributed by atoms with E-state index >= 15 is 0 Å². The molecule has 8 heteroatoms. The second kappa shape index (κ2) is 12.3. The minimum Gasteiger partial charge on any atom is -0.497 e. The molecule has 6 nitrogen and oxygen atoms in total. The molecule has 1 heterocycles. The van der Waals surface area contributed by atoms with Gasteiger partial charge in [0.1, 0.15) is 5.75 Å². The summed E-state index contributed by atoms with van der Waals surface area (Å²) in [4.78, 5) is 6.63. The Hall–Kier alpha value is -1.81. The van der Waals surface area contributed by atoms with E-state index in [1.165, 1.54) is 5.56 Å². The molecule has 0 spiro atoms. The SMILES string of the molecule is CN=C(NCCCS(=O)(=O)Cc1ccccc1)N1CCC(c2ccc(OC)cc2)C1.I. The first-order chi connectivity index (χ1) is 14.5. The molecule has 170 valence electrons. The van der Waals surface area contributed by atoms with Gasteiger partial charge in [-0.2, -0.15) is 0 Å². The quantitative estimate of drug-likeness (QED) is 0.232. The molecule has 0 aromatic heterocycles. The summed E-state index contributed by atoms with van der Waals surface area (Å²) in [5, 5.41) is 3.33. The van der Waals surface area contributed by atoms with Gasteiger partial charge < -0.3 is 15.0 Å². The zero-order chi connectivity index (χ0) is 21.4. The molecule has 0 saturated carbocycles. The fraction of sp³-hybridized carbons (Fsp3) is 0.435. The number of nitrogens with one attached hydrogen (secondary N) is 1. The first-order valence-corrected chi connectivity index (χ1v) is 12.2. The van der Waals surface area contributed by atoms with Crippen LogP contribution in [-0.2, 0) is 15.6 Å². The van der Waals surface area contributed by atoms with Crippen LogP contribution in [0.4, 0.5) is 0 Å². The topological polar surface area (TPSA) is 71.0 Å². The van der Waals surface area contributed by atoms with Gasteiger partial charge in [0.2, 0.25) is 0 Å². The maximum atomic E-state index is 12.3. The second-order valence-electron chi connectivity index (χ2n) is 7.61. The molecule has 2 aromatic carbocycles. The fourth-order valence-corrected chi connectivity index (χ4v) is 5.25. The number of hydrogen-bond acceptors (Lipinski definition) is 4. The van der Waals surface area contributed by atoms with Gasteiger partial charge in [0.25, 0.3) is 0 Å². The van der Waals surface area contributed by atoms with Crippen LogP contribution in [0.2, 0.25) is 0 Å². The molecule has 0 bridgehead atoms. The fourth-order valence-electron chi connectivity index (χ4n) is 3.83. The summed E-state index contributed by atoms with van der Waals surface area (Å²) in [5.41, 5.74) is 2.14. The normalized spacial score (nSPS) is 16.6. The van der Waals surface area contributed by atoms with Crippen molar-refractivity contribution in [3.05, 3.63) is 65.7 Å². The van der Waals surface area contributed by atoms with E-state index < -0.39 is 9.84 Å². The highest BCUT2D eigenvalue weighted by molar-refractivity contribution is 14.0.